The molecule has 0 heterocycles. The molecule has 0 aromatic carbocycles. The average molecular weight is 631 g/mol. The van der Waals surface area contributed by atoms with Crippen LogP contribution in [0.3, 0.4) is 0 Å². The molecule has 11 N–H and O–H groups in total. The lowest BCUT2D eigenvalue weighted by atomic mass is 10.0. The van der Waals surface area contributed by atoms with E-state index >= 15 is 0 Å². The number of hydrogen-bond acceptors (Lipinski definition) is 12. The average Bonchev–Trinajstić information content (AvgIpc) is 2.87. The van der Waals surface area contributed by atoms with Gasteiger partial charge in [-0.2, -0.15) is 12.6 Å². The van der Waals surface area contributed by atoms with Gasteiger partial charge in [0.05, 0.1) is 25.4 Å². The monoisotopic (exact) mass is 630 g/mol. The molecule has 0 bridgehead atoms. The first-order valence-corrected chi connectivity index (χ1v) is 14.4. The van der Waals surface area contributed by atoms with Crippen molar-refractivity contribution in [3.8, 4) is 0 Å². The first-order valence-electron chi connectivity index (χ1n) is 12.2. The van der Waals surface area contributed by atoms with E-state index in [4.69, 9.17) is 15.5 Å². The summed E-state index contributed by atoms with van der Waals surface area (Å²) in [5.74, 6) is -5.85. The number of aliphatic hydroxyl groups excluding tert-OH is 2. The summed E-state index contributed by atoms with van der Waals surface area (Å²) in [4.78, 5) is 92.2. The number of phosphoric acid groups is 1. The number of nitrogens with two attached hydrogens (primary N) is 1. The minimum absolute atomic E-state index is 0.286. The zero-order valence-corrected chi connectivity index (χ0v) is 24.6. The van der Waals surface area contributed by atoms with Crippen LogP contribution in [0.5, 0.6) is 0 Å². The molecular formula is C21H39N6O12PS. The number of rotatable bonds is 18. The molecule has 0 spiro atoms. The maximum absolute atomic E-state index is 13.0. The molecule has 0 aromatic heterocycles. The predicted molar refractivity (Wildman–Crippen MR) is 145 cm³/mol. The van der Waals surface area contributed by atoms with E-state index in [2.05, 4.69) is 43.7 Å². The molecular weight excluding hydrogens is 591 g/mol. The van der Waals surface area contributed by atoms with Gasteiger partial charge in [-0.15, -0.1) is 0 Å². The lowest BCUT2D eigenvalue weighted by Gasteiger charge is -2.28. The Kier molecular flexibility index (Phi) is 16.9. The number of carbonyl (C=O) groups is 6. The fourth-order valence-corrected chi connectivity index (χ4v) is 3.50. The van der Waals surface area contributed by atoms with Gasteiger partial charge in [0.1, 0.15) is 36.5 Å². The number of nitrogens with one attached hydrogen (secondary N) is 5. The molecule has 0 rings (SSSR count). The molecule has 5 amide bonds. The largest absolute Gasteiger partial charge is 0.469 e. The molecule has 0 unspecified atom stereocenters. The molecule has 0 saturated carbocycles. The van der Waals surface area contributed by atoms with Gasteiger partial charge in [-0.3, -0.25) is 28.5 Å². The molecule has 0 aliphatic heterocycles. The lowest BCUT2D eigenvalue weighted by Crippen LogP contribution is -2.61. The normalized spacial score (nSPS) is 16.7. The second kappa shape index (κ2) is 18.0. The third-order valence-electron chi connectivity index (χ3n) is 5.31. The second-order valence-corrected chi connectivity index (χ2v) is 10.9. The minimum atomic E-state index is -5.14. The highest BCUT2D eigenvalue weighted by molar-refractivity contribution is 7.80. The lowest BCUT2D eigenvalue weighted by molar-refractivity contribution is -0.136. The van der Waals surface area contributed by atoms with Gasteiger partial charge >= 0.3 is 7.82 Å². The molecule has 20 heteroatoms. The fraction of sp³-hybridized carbons (Fsp3) is 0.714. The van der Waals surface area contributed by atoms with Crippen molar-refractivity contribution in [3.05, 3.63) is 0 Å². The van der Waals surface area contributed by atoms with Crippen molar-refractivity contribution in [2.75, 3.05) is 19.0 Å². The molecule has 0 fully saturated rings. The van der Waals surface area contributed by atoms with Gasteiger partial charge in [-0.25, -0.2) is 4.57 Å². The van der Waals surface area contributed by atoms with Gasteiger partial charge in [0.15, 0.2) is 0 Å². The second-order valence-electron chi connectivity index (χ2n) is 9.27. The third-order valence-corrected chi connectivity index (χ3v) is 6.16. The van der Waals surface area contributed by atoms with Crippen LogP contribution in [0, 0.1) is 5.92 Å². The molecule has 0 aliphatic rings. The summed E-state index contributed by atoms with van der Waals surface area (Å²) >= 11 is 3.97. The molecule has 18 nitrogen and oxygen atoms in total. The number of aldehydes is 1. The third kappa shape index (κ3) is 14.2. The van der Waals surface area contributed by atoms with Gasteiger partial charge in [-0.05, 0) is 19.8 Å². The maximum Gasteiger partial charge on any atom is 0.469 e. The standard InChI is InChI=1S/C21H39N6O12PS/c1-9(2)16(21(35)23-12(5-28)11(4)30)27-19(33)14(7-39-40(36,37)38)25-20(34)15(8-41)26-18(32)13(6-29)24-17(31)10(3)22/h5,9-16,29-30,41H,6-8,22H2,1-4H3,(H,23,35)(H,24,31)(H,25,34)(H,26,32)(H,27,33)(H2,36,37,38)/t10-,11+,12+,13-,14-,15-,16-/m0/s1. The molecule has 236 valence electrons. The van der Waals surface area contributed by atoms with Crippen molar-refractivity contribution in [1.82, 2.24) is 26.6 Å². The van der Waals surface area contributed by atoms with E-state index in [0.717, 1.165) is 0 Å². The van der Waals surface area contributed by atoms with Crippen LogP contribution in [0.2, 0.25) is 0 Å². The number of thiol groups is 1. The Bertz CT molecular complexity index is 979. The summed E-state index contributed by atoms with van der Waals surface area (Å²) in [5.41, 5.74) is 5.41. The molecule has 0 aliphatic carbocycles. The van der Waals surface area contributed by atoms with E-state index in [9.17, 15) is 43.5 Å². The van der Waals surface area contributed by atoms with Crippen molar-refractivity contribution < 1.29 is 57.9 Å². The maximum atomic E-state index is 13.0. The number of phosphoric ester groups is 1. The van der Waals surface area contributed by atoms with Crippen LogP contribution in [-0.2, 0) is 37.9 Å². The number of hydrogen-bond donors (Lipinski definition) is 11. The Balaban J connectivity index is 5.81. The number of amides is 5. The van der Waals surface area contributed by atoms with Gasteiger partial charge < -0.3 is 57.1 Å². The number of carbonyl (C=O) groups excluding carboxylic acids is 6. The van der Waals surface area contributed by atoms with Gasteiger partial charge in [0.2, 0.25) is 29.5 Å². The Morgan fingerprint density at radius 2 is 1.34 bits per heavy atom. The quantitative estimate of drug-likeness (QED) is 0.0385. The van der Waals surface area contributed by atoms with Crippen LogP contribution in [0.1, 0.15) is 27.7 Å². The summed E-state index contributed by atoms with van der Waals surface area (Å²) in [5, 5.41) is 30.1. The van der Waals surface area contributed by atoms with E-state index in [1.54, 1.807) is 0 Å². The highest BCUT2D eigenvalue weighted by Gasteiger charge is 2.34. The Labute approximate surface area is 241 Å². The molecule has 41 heavy (non-hydrogen) atoms. The predicted octanol–water partition coefficient (Wildman–Crippen LogP) is -4.98. The topological polar surface area (TPSA) is 296 Å². The molecule has 7 atom stereocenters. The van der Waals surface area contributed by atoms with Crippen molar-refractivity contribution >= 4 is 56.3 Å². The van der Waals surface area contributed by atoms with Crippen LogP contribution in [0.25, 0.3) is 0 Å². The summed E-state index contributed by atoms with van der Waals surface area (Å²) in [6.45, 7) is 3.70. The van der Waals surface area contributed by atoms with Crippen molar-refractivity contribution in [2.24, 2.45) is 11.7 Å². The van der Waals surface area contributed by atoms with Crippen molar-refractivity contribution in [1.29, 1.82) is 0 Å². The summed E-state index contributed by atoms with van der Waals surface area (Å²) < 4.78 is 15.6. The van der Waals surface area contributed by atoms with Crippen molar-refractivity contribution in [2.45, 2.75) is 70.0 Å². The first kappa shape index (κ1) is 38.4. The van der Waals surface area contributed by atoms with Crippen LogP contribution in [-0.4, -0.2) is 117 Å². The zero-order chi connectivity index (χ0) is 32.1. The van der Waals surface area contributed by atoms with Crippen LogP contribution < -0.4 is 32.3 Å². The number of aliphatic hydroxyl groups is 2. The van der Waals surface area contributed by atoms with E-state index in [-0.39, 0.29) is 12.0 Å². The molecule has 0 aromatic rings. The first-order chi connectivity index (χ1) is 18.9. The highest BCUT2D eigenvalue weighted by Crippen LogP contribution is 2.35. The molecule has 0 saturated heterocycles. The van der Waals surface area contributed by atoms with Crippen LogP contribution in [0.4, 0.5) is 0 Å². The fourth-order valence-electron chi connectivity index (χ4n) is 2.90. The molecule has 0 radical (unpaired) electrons. The Morgan fingerprint density at radius 1 is 0.854 bits per heavy atom. The Morgan fingerprint density at radius 3 is 1.76 bits per heavy atom. The van der Waals surface area contributed by atoms with Gasteiger partial charge in [-0.1, -0.05) is 13.8 Å². The SMILES string of the molecule is CC(C)[C@H](NC(=O)[C@H](COP(=O)(O)O)NC(=O)[C@H](CS)NC(=O)[C@H](CO)NC(=O)[C@H](C)N)C(=O)N[C@H](C=O)[C@@H](C)O. The van der Waals surface area contributed by atoms with E-state index in [1.807, 2.05) is 0 Å². The summed E-state index contributed by atoms with van der Waals surface area (Å²) in [6.07, 6.45) is -0.969. The minimum Gasteiger partial charge on any atom is -0.394 e. The highest BCUT2D eigenvalue weighted by atomic mass is 32.1. The van der Waals surface area contributed by atoms with E-state index in [1.165, 1.54) is 27.7 Å². The van der Waals surface area contributed by atoms with E-state index < -0.39 is 98.8 Å². The van der Waals surface area contributed by atoms with Crippen molar-refractivity contribution in [3.63, 3.8) is 0 Å². The zero-order valence-electron chi connectivity index (χ0n) is 22.8. The van der Waals surface area contributed by atoms with Gasteiger partial charge in [0, 0.05) is 5.75 Å². The summed E-state index contributed by atoms with van der Waals surface area (Å²) in [6, 6.07) is -8.45. The Hall–Kier alpha value is -2.64. The van der Waals surface area contributed by atoms with Crippen LogP contribution in [0.15, 0.2) is 0 Å². The van der Waals surface area contributed by atoms with Crippen LogP contribution >= 0.6 is 20.5 Å². The van der Waals surface area contributed by atoms with Gasteiger partial charge in [0.25, 0.3) is 0 Å². The smallest absolute Gasteiger partial charge is 0.394 e. The summed E-state index contributed by atoms with van der Waals surface area (Å²) in [7, 11) is -5.14. The van der Waals surface area contributed by atoms with E-state index in [0.29, 0.717) is 0 Å².